The van der Waals surface area contributed by atoms with Crippen molar-refractivity contribution in [3.63, 3.8) is 0 Å². The lowest BCUT2D eigenvalue weighted by Crippen LogP contribution is -2.41. The van der Waals surface area contributed by atoms with Gasteiger partial charge in [-0.15, -0.1) is 0 Å². The number of carbonyl (C=O) groups excluding carboxylic acids is 3. The van der Waals surface area contributed by atoms with E-state index >= 15 is 0 Å². The number of hydrogen-bond acceptors (Lipinski definition) is 4. The van der Waals surface area contributed by atoms with Gasteiger partial charge in [-0.25, -0.2) is 0 Å². The Kier molecular flexibility index (Phi) is 4.71. The van der Waals surface area contributed by atoms with Gasteiger partial charge < -0.3 is 10.2 Å². The van der Waals surface area contributed by atoms with Gasteiger partial charge in [0, 0.05) is 24.4 Å². The number of amides is 2. The van der Waals surface area contributed by atoms with Crippen molar-refractivity contribution >= 4 is 34.4 Å². The predicted octanol–water partition coefficient (Wildman–Crippen LogP) is 1.75. The maximum absolute atomic E-state index is 12.4. The van der Waals surface area contributed by atoms with Crippen LogP contribution in [0, 0.1) is 5.92 Å². The summed E-state index contributed by atoms with van der Waals surface area (Å²) in [6.07, 6.45) is 1.72. The summed E-state index contributed by atoms with van der Waals surface area (Å²) in [5.74, 6) is 0.156. The third-order valence-electron chi connectivity index (χ3n) is 4.41. The molecule has 122 valence electrons. The molecule has 1 N–H and O–H groups in total. The Bertz CT molecular complexity index is 646. The molecule has 2 fully saturated rings. The Morgan fingerprint density at radius 2 is 2.13 bits per heavy atom. The minimum atomic E-state index is -0.389. The minimum absolute atomic E-state index is 0.0239. The van der Waals surface area contributed by atoms with Crippen molar-refractivity contribution in [2.24, 2.45) is 5.92 Å². The highest BCUT2D eigenvalue weighted by Gasteiger charge is 2.37. The second kappa shape index (κ2) is 6.74. The van der Waals surface area contributed by atoms with Crippen molar-refractivity contribution in [1.82, 2.24) is 5.32 Å². The van der Waals surface area contributed by atoms with Gasteiger partial charge in [0.15, 0.2) is 0 Å². The normalized spacial score (nSPS) is 24.3. The van der Waals surface area contributed by atoms with E-state index in [9.17, 15) is 14.4 Å². The summed E-state index contributed by atoms with van der Waals surface area (Å²) in [6.45, 7) is 2.43. The van der Waals surface area contributed by atoms with Crippen molar-refractivity contribution in [3.05, 3.63) is 29.8 Å². The Morgan fingerprint density at radius 1 is 1.35 bits per heavy atom. The number of para-hydroxylation sites is 1. The van der Waals surface area contributed by atoms with Gasteiger partial charge in [0.25, 0.3) is 0 Å². The van der Waals surface area contributed by atoms with E-state index in [1.807, 2.05) is 31.2 Å². The number of anilines is 1. The highest BCUT2D eigenvalue weighted by atomic mass is 32.2. The van der Waals surface area contributed by atoms with E-state index in [0.29, 0.717) is 13.0 Å². The molecule has 5 nitrogen and oxygen atoms in total. The van der Waals surface area contributed by atoms with E-state index in [4.69, 9.17) is 0 Å². The quantitative estimate of drug-likeness (QED) is 0.912. The third kappa shape index (κ3) is 3.27. The summed E-state index contributed by atoms with van der Waals surface area (Å²) in [7, 11) is 0. The molecule has 1 aromatic rings. The van der Waals surface area contributed by atoms with Crippen LogP contribution in [0.25, 0.3) is 0 Å². The minimum Gasteiger partial charge on any atom is -0.345 e. The topological polar surface area (TPSA) is 66.5 Å². The number of nitrogens with zero attached hydrogens (tertiary/aromatic N) is 1. The molecule has 23 heavy (non-hydrogen) atoms. The lowest BCUT2D eigenvalue weighted by Gasteiger charge is -2.20. The van der Waals surface area contributed by atoms with Gasteiger partial charge in [-0.2, -0.15) is 0 Å². The first kappa shape index (κ1) is 16.1. The van der Waals surface area contributed by atoms with E-state index < -0.39 is 0 Å². The SMILES string of the molecule is CCc1ccccc1N1CC(C(=O)NC2CCSC2=O)CC1=O. The molecule has 6 heteroatoms. The highest BCUT2D eigenvalue weighted by Crippen LogP contribution is 2.29. The number of rotatable bonds is 4. The van der Waals surface area contributed by atoms with Crippen LogP contribution in [0.15, 0.2) is 24.3 Å². The summed E-state index contributed by atoms with van der Waals surface area (Å²) in [5, 5.41) is 2.83. The standard InChI is InChI=1S/C17H20N2O3S/c1-2-11-5-3-4-6-14(11)19-10-12(9-15(19)20)16(21)18-13-7-8-23-17(13)22/h3-6,12-13H,2,7-10H2,1H3,(H,18,21). The summed E-state index contributed by atoms with van der Waals surface area (Å²) < 4.78 is 0. The van der Waals surface area contributed by atoms with Gasteiger partial charge in [0.2, 0.25) is 16.9 Å². The average molecular weight is 332 g/mol. The van der Waals surface area contributed by atoms with E-state index in [2.05, 4.69) is 5.32 Å². The number of thioether (sulfide) groups is 1. The van der Waals surface area contributed by atoms with Gasteiger partial charge in [-0.05, 0) is 24.5 Å². The zero-order valence-electron chi connectivity index (χ0n) is 13.1. The fourth-order valence-corrected chi connectivity index (χ4v) is 4.04. The molecule has 2 aliphatic heterocycles. The predicted molar refractivity (Wildman–Crippen MR) is 90.3 cm³/mol. The molecule has 2 heterocycles. The number of aryl methyl sites for hydroxylation is 1. The third-order valence-corrected chi connectivity index (χ3v) is 5.42. The molecule has 2 atom stereocenters. The molecule has 0 bridgehead atoms. The summed E-state index contributed by atoms with van der Waals surface area (Å²) >= 11 is 1.26. The molecule has 3 rings (SSSR count). The zero-order valence-corrected chi connectivity index (χ0v) is 13.9. The van der Waals surface area contributed by atoms with E-state index in [1.165, 1.54) is 11.8 Å². The maximum atomic E-state index is 12.4. The first-order chi connectivity index (χ1) is 11.1. The van der Waals surface area contributed by atoms with Gasteiger partial charge in [-0.3, -0.25) is 14.4 Å². The van der Waals surface area contributed by atoms with Crippen LogP contribution in [0.2, 0.25) is 0 Å². The van der Waals surface area contributed by atoms with Crippen LogP contribution in [0.5, 0.6) is 0 Å². The molecule has 0 saturated carbocycles. The molecule has 1 aromatic carbocycles. The Labute approximate surface area is 139 Å². The Hall–Kier alpha value is -1.82. The summed E-state index contributed by atoms with van der Waals surface area (Å²) in [4.78, 5) is 38.0. The number of carbonyl (C=O) groups is 3. The van der Waals surface area contributed by atoms with Crippen LogP contribution >= 0.6 is 11.8 Å². The molecular weight excluding hydrogens is 312 g/mol. The molecule has 0 aromatic heterocycles. The fraction of sp³-hybridized carbons (Fsp3) is 0.471. The van der Waals surface area contributed by atoms with Crippen molar-refractivity contribution < 1.29 is 14.4 Å². The van der Waals surface area contributed by atoms with Crippen LogP contribution < -0.4 is 10.2 Å². The Balaban J connectivity index is 1.69. The van der Waals surface area contributed by atoms with Gasteiger partial charge in [-0.1, -0.05) is 36.9 Å². The maximum Gasteiger partial charge on any atom is 0.227 e. The largest absolute Gasteiger partial charge is 0.345 e. The number of hydrogen-bond donors (Lipinski definition) is 1. The monoisotopic (exact) mass is 332 g/mol. The van der Waals surface area contributed by atoms with Crippen molar-refractivity contribution in [2.75, 3.05) is 17.2 Å². The van der Waals surface area contributed by atoms with Crippen LogP contribution in [-0.4, -0.2) is 35.3 Å². The van der Waals surface area contributed by atoms with Crippen LogP contribution in [0.1, 0.15) is 25.3 Å². The molecule has 2 saturated heterocycles. The average Bonchev–Trinajstić information content (AvgIpc) is 3.13. The summed E-state index contributed by atoms with van der Waals surface area (Å²) in [6, 6.07) is 7.40. The molecule has 2 aliphatic rings. The van der Waals surface area contributed by atoms with Crippen molar-refractivity contribution in [3.8, 4) is 0 Å². The molecular formula is C17H20N2O3S. The zero-order chi connectivity index (χ0) is 16.4. The van der Waals surface area contributed by atoms with Crippen molar-refractivity contribution in [2.45, 2.75) is 32.2 Å². The molecule has 2 unspecified atom stereocenters. The lowest BCUT2D eigenvalue weighted by molar-refractivity contribution is -0.128. The first-order valence-corrected chi connectivity index (χ1v) is 8.94. The van der Waals surface area contributed by atoms with Gasteiger partial charge in [0.1, 0.15) is 0 Å². The van der Waals surface area contributed by atoms with Gasteiger partial charge in [0.05, 0.1) is 12.0 Å². The first-order valence-electron chi connectivity index (χ1n) is 7.95. The second-order valence-corrected chi connectivity index (χ2v) is 7.00. The summed E-state index contributed by atoms with van der Waals surface area (Å²) in [5.41, 5.74) is 1.99. The van der Waals surface area contributed by atoms with Crippen LogP contribution in [-0.2, 0) is 20.8 Å². The molecule has 0 aliphatic carbocycles. The van der Waals surface area contributed by atoms with Gasteiger partial charge >= 0.3 is 0 Å². The lowest BCUT2D eigenvalue weighted by atomic mass is 10.1. The van der Waals surface area contributed by atoms with Crippen LogP contribution in [0.3, 0.4) is 0 Å². The number of nitrogens with one attached hydrogen (secondary N) is 1. The second-order valence-electron chi connectivity index (χ2n) is 5.91. The Morgan fingerprint density at radius 3 is 2.83 bits per heavy atom. The molecule has 0 spiro atoms. The molecule has 0 radical (unpaired) electrons. The van der Waals surface area contributed by atoms with E-state index in [1.54, 1.807) is 4.90 Å². The van der Waals surface area contributed by atoms with E-state index in [0.717, 1.165) is 23.4 Å². The van der Waals surface area contributed by atoms with E-state index in [-0.39, 0.29) is 35.3 Å². The highest BCUT2D eigenvalue weighted by molar-refractivity contribution is 8.14. The number of benzene rings is 1. The van der Waals surface area contributed by atoms with Crippen molar-refractivity contribution in [1.29, 1.82) is 0 Å². The smallest absolute Gasteiger partial charge is 0.227 e. The molecule has 2 amide bonds. The van der Waals surface area contributed by atoms with Crippen LogP contribution in [0.4, 0.5) is 5.69 Å². The fourth-order valence-electron chi connectivity index (χ4n) is 3.11.